The van der Waals surface area contributed by atoms with Crippen molar-refractivity contribution in [2.75, 3.05) is 0 Å². The van der Waals surface area contributed by atoms with Crippen molar-refractivity contribution < 1.29 is 13.6 Å². The molecule has 2 aromatic carbocycles. The number of nitrogens with one attached hydrogen (secondary N) is 1. The van der Waals surface area contributed by atoms with Crippen LogP contribution in [-0.4, -0.2) is 21.0 Å². The number of fused-ring (bicyclic) bond motifs is 1. The maximum Gasteiger partial charge on any atom is 0.344 e. The van der Waals surface area contributed by atoms with Crippen molar-refractivity contribution in [3.8, 4) is 0 Å². The first-order chi connectivity index (χ1) is 10.6. The van der Waals surface area contributed by atoms with Gasteiger partial charge in [-0.3, -0.25) is 0 Å². The zero-order chi connectivity index (χ0) is 15.7. The monoisotopic (exact) mass is 302 g/mol. The Morgan fingerprint density at radius 3 is 2.68 bits per heavy atom. The normalized spacial score (nSPS) is 12.3. The Kier molecular flexibility index (Phi) is 3.54. The minimum Gasteiger partial charge on any atom is -0.330 e. The predicted octanol–water partition coefficient (Wildman–Crippen LogP) is 3.03. The van der Waals surface area contributed by atoms with Crippen LogP contribution in [0.4, 0.5) is 13.6 Å². The number of amides is 1. The van der Waals surface area contributed by atoms with E-state index in [-0.39, 0.29) is 17.1 Å². The van der Waals surface area contributed by atoms with Gasteiger partial charge in [-0.1, -0.05) is 35.5 Å². The van der Waals surface area contributed by atoms with Gasteiger partial charge in [0.2, 0.25) is 0 Å². The second-order valence-electron chi connectivity index (χ2n) is 4.84. The van der Waals surface area contributed by atoms with Crippen molar-refractivity contribution in [2.45, 2.75) is 13.0 Å². The van der Waals surface area contributed by atoms with Crippen molar-refractivity contribution in [3.63, 3.8) is 0 Å². The van der Waals surface area contributed by atoms with Crippen LogP contribution >= 0.6 is 0 Å². The lowest BCUT2D eigenvalue weighted by Gasteiger charge is -2.13. The van der Waals surface area contributed by atoms with E-state index in [1.807, 2.05) is 30.3 Å². The van der Waals surface area contributed by atoms with E-state index in [1.165, 1.54) is 0 Å². The average molecular weight is 302 g/mol. The fourth-order valence-electron chi connectivity index (χ4n) is 2.17. The summed E-state index contributed by atoms with van der Waals surface area (Å²) >= 11 is 0. The average Bonchev–Trinajstić information content (AvgIpc) is 2.92. The number of hydrogen-bond acceptors (Lipinski definition) is 3. The van der Waals surface area contributed by atoms with Gasteiger partial charge in [-0.2, -0.15) is 4.68 Å². The summed E-state index contributed by atoms with van der Waals surface area (Å²) in [6.07, 6.45) is 0. The molecule has 0 bridgehead atoms. The highest BCUT2D eigenvalue weighted by atomic mass is 19.1. The zero-order valence-corrected chi connectivity index (χ0v) is 11.6. The van der Waals surface area contributed by atoms with Crippen LogP contribution < -0.4 is 5.32 Å². The number of hydrogen-bond donors (Lipinski definition) is 1. The van der Waals surface area contributed by atoms with Crippen LogP contribution in [0.5, 0.6) is 0 Å². The molecule has 0 saturated carbocycles. The van der Waals surface area contributed by atoms with Gasteiger partial charge in [-0.15, -0.1) is 5.10 Å². The van der Waals surface area contributed by atoms with Gasteiger partial charge in [-0.25, -0.2) is 13.6 Å². The van der Waals surface area contributed by atoms with E-state index in [9.17, 15) is 13.6 Å². The van der Waals surface area contributed by atoms with Gasteiger partial charge < -0.3 is 5.32 Å². The van der Waals surface area contributed by atoms with Crippen LogP contribution in [0.3, 0.4) is 0 Å². The molecule has 0 spiro atoms. The SMILES string of the molecule is CC(NC(=O)n1nnc2c(F)cc(F)cc21)c1ccccc1. The molecular weight excluding hydrogens is 290 g/mol. The van der Waals surface area contributed by atoms with Crippen molar-refractivity contribution in [1.29, 1.82) is 0 Å². The van der Waals surface area contributed by atoms with Crippen LogP contribution in [0, 0.1) is 11.6 Å². The zero-order valence-electron chi connectivity index (χ0n) is 11.6. The Hall–Kier alpha value is -2.83. The minimum atomic E-state index is -0.856. The maximum atomic E-state index is 13.6. The standard InChI is InChI=1S/C15H12F2N4O/c1-9(10-5-3-2-4-6-10)18-15(22)21-13-8-11(16)7-12(17)14(13)19-20-21/h2-9H,1H3,(H,18,22). The summed E-state index contributed by atoms with van der Waals surface area (Å²) in [5, 5.41) is 9.87. The van der Waals surface area contributed by atoms with E-state index in [4.69, 9.17) is 0 Å². The van der Waals surface area contributed by atoms with Crippen molar-refractivity contribution >= 4 is 17.1 Å². The van der Waals surface area contributed by atoms with E-state index < -0.39 is 17.7 Å². The molecule has 0 aliphatic carbocycles. The lowest BCUT2D eigenvalue weighted by atomic mass is 10.1. The van der Waals surface area contributed by atoms with Gasteiger partial charge in [0, 0.05) is 12.1 Å². The summed E-state index contributed by atoms with van der Waals surface area (Å²) in [7, 11) is 0. The lowest BCUT2D eigenvalue weighted by molar-refractivity contribution is 0.237. The summed E-state index contributed by atoms with van der Waals surface area (Å²) in [6.45, 7) is 1.80. The second kappa shape index (κ2) is 5.51. The molecule has 1 heterocycles. The molecule has 5 nitrogen and oxygen atoms in total. The van der Waals surface area contributed by atoms with Crippen molar-refractivity contribution in [1.82, 2.24) is 20.3 Å². The summed E-state index contributed by atoms with van der Waals surface area (Å²) in [5.74, 6) is -1.65. The third-order valence-electron chi connectivity index (χ3n) is 3.30. The molecular formula is C15H12F2N4O. The molecule has 1 unspecified atom stereocenters. The Labute approximate surface area is 124 Å². The van der Waals surface area contributed by atoms with E-state index in [2.05, 4.69) is 15.6 Å². The number of benzene rings is 2. The molecule has 1 amide bonds. The molecule has 1 atom stereocenters. The molecule has 0 aliphatic rings. The van der Waals surface area contributed by atoms with Crippen molar-refractivity contribution in [2.24, 2.45) is 0 Å². The number of aromatic nitrogens is 3. The summed E-state index contributed by atoms with van der Waals surface area (Å²) < 4.78 is 27.7. The number of carbonyl (C=O) groups excluding carboxylic acids is 1. The molecule has 7 heteroatoms. The van der Waals surface area contributed by atoms with E-state index in [1.54, 1.807) is 6.92 Å². The van der Waals surface area contributed by atoms with Crippen LogP contribution in [0.1, 0.15) is 18.5 Å². The first-order valence-corrected chi connectivity index (χ1v) is 6.62. The summed E-state index contributed by atoms with van der Waals surface area (Å²) in [5.41, 5.74) is 0.733. The van der Waals surface area contributed by atoms with Crippen LogP contribution in [0.15, 0.2) is 42.5 Å². The van der Waals surface area contributed by atoms with Gasteiger partial charge in [0.05, 0.1) is 6.04 Å². The topological polar surface area (TPSA) is 59.8 Å². The fourth-order valence-corrected chi connectivity index (χ4v) is 2.17. The predicted molar refractivity (Wildman–Crippen MR) is 76.2 cm³/mol. The first kappa shape index (κ1) is 14.1. The summed E-state index contributed by atoms with van der Waals surface area (Å²) in [6, 6.07) is 10.1. The maximum absolute atomic E-state index is 13.6. The van der Waals surface area contributed by atoms with Crippen LogP contribution in [0.2, 0.25) is 0 Å². The Morgan fingerprint density at radius 2 is 1.95 bits per heavy atom. The first-order valence-electron chi connectivity index (χ1n) is 6.62. The van der Waals surface area contributed by atoms with Gasteiger partial charge in [0.25, 0.3) is 0 Å². The molecule has 3 aromatic rings. The quantitative estimate of drug-likeness (QED) is 0.791. The third-order valence-corrected chi connectivity index (χ3v) is 3.30. The molecule has 1 aromatic heterocycles. The second-order valence-corrected chi connectivity index (χ2v) is 4.84. The summed E-state index contributed by atoms with van der Waals surface area (Å²) in [4.78, 5) is 12.2. The molecule has 22 heavy (non-hydrogen) atoms. The van der Waals surface area contributed by atoms with Crippen molar-refractivity contribution in [3.05, 3.63) is 59.7 Å². The van der Waals surface area contributed by atoms with E-state index in [0.29, 0.717) is 6.07 Å². The fraction of sp³-hybridized carbons (Fsp3) is 0.133. The van der Waals surface area contributed by atoms with Crippen LogP contribution in [0.25, 0.3) is 11.0 Å². The number of carbonyl (C=O) groups is 1. The molecule has 112 valence electrons. The van der Waals surface area contributed by atoms with E-state index in [0.717, 1.165) is 16.3 Å². The molecule has 1 N–H and O–H groups in total. The lowest BCUT2D eigenvalue weighted by Crippen LogP contribution is -2.31. The van der Waals surface area contributed by atoms with E-state index >= 15 is 0 Å². The highest BCUT2D eigenvalue weighted by Gasteiger charge is 2.18. The highest BCUT2D eigenvalue weighted by Crippen LogP contribution is 2.17. The molecule has 0 aliphatic heterocycles. The number of halogens is 2. The smallest absolute Gasteiger partial charge is 0.330 e. The Balaban J connectivity index is 1.90. The molecule has 3 rings (SSSR count). The minimum absolute atomic E-state index is 0.0183. The third kappa shape index (κ3) is 2.52. The number of nitrogens with zero attached hydrogens (tertiary/aromatic N) is 3. The van der Waals surface area contributed by atoms with Gasteiger partial charge in [0.1, 0.15) is 16.9 Å². The molecule has 0 saturated heterocycles. The van der Waals surface area contributed by atoms with Gasteiger partial charge >= 0.3 is 6.03 Å². The van der Waals surface area contributed by atoms with Gasteiger partial charge in [0.15, 0.2) is 5.82 Å². The van der Waals surface area contributed by atoms with Gasteiger partial charge in [-0.05, 0) is 12.5 Å². The Morgan fingerprint density at radius 1 is 1.23 bits per heavy atom. The highest BCUT2D eigenvalue weighted by molar-refractivity contribution is 5.88. The Bertz CT molecular complexity index is 832. The molecule has 0 radical (unpaired) electrons. The van der Waals surface area contributed by atoms with Crippen LogP contribution in [-0.2, 0) is 0 Å². The molecule has 0 fully saturated rings. The largest absolute Gasteiger partial charge is 0.344 e. The number of rotatable bonds is 2.